The predicted molar refractivity (Wildman–Crippen MR) is 111 cm³/mol. The number of nitrogens with zero attached hydrogens (tertiary/aromatic N) is 2. The highest BCUT2D eigenvalue weighted by Gasteiger charge is 2.23. The summed E-state index contributed by atoms with van der Waals surface area (Å²) in [5.74, 6) is -0.0805. The van der Waals surface area contributed by atoms with Crippen molar-refractivity contribution in [2.75, 3.05) is 52.6 Å². The molecular weight excluding hydrogens is 422 g/mol. The van der Waals surface area contributed by atoms with Crippen LogP contribution < -0.4 is 15.7 Å². The zero-order valence-corrected chi connectivity index (χ0v) is 17.8. The lowest BCUT2D eigenvalue weighted by Crippen LogP contribution is -2.50. The Balaban J connectivity index is 0.00000300. The van der Waals surface area contributed by atoms with Crippen molar-refractivity contribution in [1.29, 1.82) is 0 Å². The zero-order chi connectivity index (χ0) is 20.3. The molecule has 0 unspecified atom stereocenters. The molecule has 1 saturated heterocycles. The number of carbonyl (C=O) groups excluding carboxylic acids is 1. The number of para-hydroxylation sites is 1. The molecule has 0 atom stereocenters. The lowest BCUT2D eigenvalue weighted by molar-refractivity contribution is 0.0941. The van der Waals surface area contributed by atoms with Crippen LogP contribution in [0.2, 0.25) is 0 Å². The first kappa shape index (κ1) is 23.1. The highest BCUT2D eigenvalue weighted by atomic mass is 35.5. The number of benzene rings is 1. The number of hydrogen-bond acceptors (Lipinski definition) is 7. The highest BCUT2D eigenvalue weighted by Crippen LogP contribution is 2.24. The average molecular weight is 446 g/mol. The second-order valence-corrected chi connectivity index (χ2v) is 8.57. The molecule has 0 bridgehead atoms. The standard InChI is InChI=1S/C18H23N3O6S.ClH/c1-26-15-5-3-4-13-12-14(18(23)27-16(13)15)17(22)19-6-7-20-8-10-21(11-9-20)28(2,24)25;/h3-5,12H,6-11H2,1-2H3,(H,19,22);1H. The van der Waals surface area contributed by atoms with Crippen molar-refractivity contribution in [1.82, 2.24) is 14.5 Å². The topological polar surface area (TPSA) is 109 Å². The number of rotatable bonds is 6. The van der Waals surface area contributed by atoms with Gasteiger partial charge in [0.1, 0.15) is 5.56 Å². The highest BCUT2D eigenvalue weighted by molar-refractivity contribution is 7.88. The first-order chi connectivity index (χ1) is 13.3. The lowest BCUT2D eigenvalue weighted by atomic mass is 10.1. The van der Waals surface area contributed by atoms with Crippen molar-refractivity contribution in [3.63, 3.8) is 0 Å². The molecule has 0 aliphatic carbocycles. The third-order valence-electron chi connectivity index (χ3n) is 4.70. The molecule has 1 amide bonds. The third-order valence-corrected chi connectivity index (χ3v) is 6.01. The molecule has 2 heterocycles. The summed E-state index contributed by atoms with van der Waals surface area (Å²) in [6, 6.07) is 6.65. The van der Waals surface area contributed by atoms with E-state index in [9.17, 15) is 18.0 Å². The molecule has 3 rings (SSSR count). The van der Waals surface area contributed by atoms with Gasteiger partial charge in [-0.25, -0.2) is 13.2 Å². The Labute approximate surface area is 175 Å². The summed E-state index contributed by atoms with van der Waals surface area (Å²) in [6.45, 7) is 2.97. The minimum Gasteiger partial charge on any atom is -0.493 e. The van der Waals surface area contributed by atoms with Gasteiger partial charge in [0.25, 0.3) is 5.91 Å². The summed E-state index contributed by atoms with van der Waals surface area (Å²) < 4.78 is 34.9. The molecule has 1 fully saturated rings. The van der Waals surface area contributed by atoms with Crippen LogP contribution in [-0.4, -0.2) is 76.2 Å². The van der Waals surface area contributed by atoms with E-state index in [4.69, 9.17) is 9.15 Å². The van der Waals surface area contributed by atoms with Gasteiger partial charge in [-0.05, 0) is 12.1 Å². The number of carbonyl (C=O) groups is 1. The second kappa shape index (κ2) is 9.57. The Morgan fingerprint density at radius 2 is 1.93 bits per heavy atom. The van der Waals surface area contributed by atoms with Gasteiger partial charge in [-0.15, -0.1) is 12.4 Å². The SMILES string of the molecule is COc1cccc2cc(C(=O)NCCN3CCN(S(C)(=O)=O)CC3)c(=O)oc12.Cl. The van der Waals surface area contributed by atoms with Crippen LogP contribution in [0.25, 0.3) is 11.0 Å². The maximum atomic E-state index is 12.4. The summed E-state index contributed by atoms with van der Waals surface area (Å²) in [7, 11) is -1.69. The molecule has 2 aromatic rings. The van der Waals surface area contributed by atoms with Gasteiger partial charge in [-0.1, -0.05) is 12.1 Å². The first-order valence-corrected chi connectivity index (χ1v) is 10.7. The van der Waals surface area contributed by atoms with Crippen LogP contribution in [-0.2, 0) is 10.0 Å². The van der Waals surface area contributed by atoms with E-state index in [1.54, 1.807) is 18.2 Å². The largest absolute Gasteiger partial charge is 0.493 e. The Hall–Kier alpha value is -2.14. The number of methoxy groups -OCH3 is 1. The molecule has 29 heavy (non-hydrogen) atoms. The van der Waals surface area contributed by atoms with Gasteiger partial charge in [-0.3, -0.25) is 9.69 Å². The van der Waals surface area contributed by atoms with E-state index in [1.807, 2.05) is 0 Å². The van der Waals surface area contributed by atoms with Crippen LogP contribution in [0.4, 0.5) is 0 Å². The Kier molecular flexibility index (Phi) is 7.64. The summed E-state index contributed by atoms with van der Waals surface area (Å²) in [4.78, 5) is 26.6. The molecule has 0 saturated carbocycles. The van der Waals surface area contributed by atoms with Gasteiger partial charge in [0.15, 0.2) is 11.3 Å². The number of ether oxygens (including phenoxy) is 1. The molecular formula is C18H24ClN3O6S. The molecule has 1 aliphatic rings. The maximum absolute atomic E-state index is 12.4. The summed E-state index contributed by atoms with van der Waals surface area (Å²) in [5, 5.41) is 3.32. The van der Waals surface area contributed by atoms with Crippen molar-refractivity contribution in [3.05, 3.63) is 40.2 Å². The van der Waals surface area contributed by atoms with E-state index < -0.39 is 21.6 Å². The van der Waals surface area contributed by atoms with Gasteiger partial charge < -0.3 is 14.5 Å². The molecule has 1 aromatic carbocycles. The first-order valence-electron chi connectivity index (χ1n) is 8.86. The summed E-state index contributed by atoms with van der Waals surface area (Å²) in [6.07, 6.45) is 1.20. The molecule has 1 aromatic heterocycles. The maximum Gasteiger partial charge on any atom is 0.349 e. The number of halogens is 1. The van der Waals surface area contributed by atoms with Crippen LogP contribution >= 0.6 is 12.4 Å². The smallest absolute Gasteiger partial charge is 0.349 e. The van der Waals surface area contributed by atoms with Crippen LogP contribution in [0.3, 0.4) is 0 Å². The van der Waals surface area contributed by atoms with E-state index in [2.05, 4.69) is 10.2 Å². The van der Waals surface area contributed by atoms with Gasteiger partial charge in [-0.2, -0.15) is 4.31 Å². The van der Waals surface area contributed by atoms with Crippen molar-refractivity contribution >= 4 is 39.3 Å². The van der Waals surface area contributed by atoms with Crippen LogP contribution in [0, 0.1) is 0 Å². The fraction of sp³-hybridized carbons (Fsp3) is 0.444. The van der Waals surface area contributed by atoms with Crippen LogP contribution in [0.1, 0.15) is 10.4 Å². The average Bonchev–Trinajstić information content (AvgIpc) is 2.66. The Bertz CT molecular complexity index is 1030. The van der Waals surface area contributed by atoms with Crippen molar-refractivity contribution in [2.24, 2.45) is 0 Å². The van der Waals surface area contributed by atoms with Crippen LogP contribution in [0.15, 0.2) is 33.5 Å². The van der Waals surface area contributed by atoms with Crippen molar-refractivity contribution in [2.45, 2.75) is 0 Å². The minimum absolute atomic E-state index is 0. The number of piperazine rings is 1. The number of fused-ring (bicyclic) bond motifs is 1. The monoisotopic (exact) mass is 445 g/mol. The second-order valence-electron chi connectivity index (χ2n) is 6.59. The summed E-state index contributed by atoms with van der Waals surface area (Å²) >= 11 is 0. The third kappa shape index (κ3) is 5.47. The van der Waals surface area contributed by atoms with Gasteiger partial charge in [0.2, 0.25) is 10.0 Å². The fourth-order valence-electron chi connectivity index (χ4n) is 3.14. The number of amides is 1. The molecule has 9 nitrogen and oxygen atoms in total. The van der Waals surface area contributed by atoms with Gasteiger partial charge >= 0.3 is 5.63 Å². The molecule has 0 radical (unpaired) electrons. The lowest BCUT2D eigenvalue weighted by Gasteiger charge is -2.33. The molecule has 11 heteroatoms. The van der Waals surface area contributed by atoms with Gasteiger partial charge in [0, 0.05) is 44.7 Å². The van der Waals surface area contributed by atoms with E-state index in [-0.39, 0.29) is 18.0 Å². The minimum atomic E-state index is -3.16. The number of sulfonamides is 1. The van der Waals surface area contributed by atoms with Crippen molar-refractivity contribution in [3.8, 4) is 5.75 Å². The number of nitrogens with one attached hydrogen (secondary N) is 1. The molecule has 0 spiro atoms. The van der Waals surface area contributed by atoms with E-state index >= 15 is 0 Å². The van der Waals surface area contributed by atoms with Gasteiger partial charge in [0.05, 0.1) is 13.4 Å². The predicted octanol–water partition coefficient (Wildman–Crippen LogP) is 0.530. The van der Waals surface area contributed by atoms with Crippen LogP contribution in [0.5, 0.6) is 5.75 Å². The molecule has 1 N–H and O–H groups in total. The van der Waals surface area contributed by atoms with Crippen molar-refractivity contribution < 1.29 is 22.4 Å². The normalized spacial score (nSPS) is 15.7. The fourth-order valence-corrected chi connectivity index (χ4v) is 3.97. The van der Waals surface area contributed by atoms with E-state index in [1.165, 1.54) is 23.7 Å². The number of hydrogen-bond donors (Lipinski definition) is 1. The van der Waals surface area contributed by atoms with E-state index in [0.29, 0.717) is 56.0 Å². The molecule has 1 aliphatic heterocycles. The Morgan fingerprint density at radius 3 is 2.55 bits per heavy atom. The quantitative estimate of drug-likeness (QED) is 0.646. The molecule has 160 valence electrons. The Morgan fingerprint density at radius 1 is 1.24 bits per heavy atom. The summed E-state index contributed by atoms with van der Waals surface area (Å²) in [5.41, 5.74) is -0.491. The zero-order valence-electron chi connectivity index (χ0n) is 16.2. The van der Waals surface area contributed by atoms with E-state index in [0.717, 1.165) is 0 Å².